The molecule has 1 unspecified atom stereocenters. The number of hydrogen-bond donors (Lipinski definition) is 2. The second-order valence-corrected chi connectivity index (χ2v) is 7.18. The zero-order valence-corrected chi connectivity index (χ0v) is 13.2. The molecule has 2 heterocycles. The Labute approximate surface area is 125 Å². The first-order valence-electron chi connectivity index (χ1n) is 7.62. The van der Waals surface area contributed by atoms with E-state index in [4.69, 9.17) is 4.98 Å². The van der Waals surface area contributed by atoms with Crippen molar-refractivity contribution in [3.05, 3.63) is 23.5 Å². The van der Waals surface area contributed by atoms with Crippen molar-refractivity contribution >= 4 is 22.6 Å². The first-order valence-corrected chi connectivity index (χ1v) is 7.62. The molecule has 2 N–H and O–H groups in total. The van der Waals surface area contributed by atoms with Crippen molar-refractivity contribution in [2.75, 3.05) is 5.32 Å². The van der Waals surface area contributed by atoms with Crippen LogP contribution in [-0.2, 0) is 17.6 Å². The van der Waals surface area contributed by atoms with Crippen molar-refractivity contribution in [2.45, 2.75) is 47.0 Å². The molecule has 0 saturated heterocycles. The third-order valence-electron chi connectivity index (χ3n) is 4.55. The van der Waals surface area contributed by atoms with E-state index in [0.717, 1.165) is 29.6 Å². The van der Waals surface area contributed by atoms with E-state index in [2.05, 4.69) is 37.1 Å². The van der Waals surface area contributed by atoms with Crippen LogP contribution in [0, 0.1) is 11.3 Å². The van der Waals surface area contributed by atoms with Gasteiger partial charge in [-0.25, -0.2) is 4.98 Å². The second kappa shape index (κ2) is 4.86. The number of nitrogens with one attached hydrogen (secondary N) is 2. The Morgan fingerprint density at radius 3 is 2.86 bits per heavy atom. The summed E-state index contributed by atoms with van der Waals surface area (Å²) in [5.74, 6) is 0.636. The minimum absolute atomic E-state index is 0.0665. The standard InChI is InChI=1S/C17H23N3O/c1-10(21)19-15-9-18-14-8-11-7-12(17(2,3)4)5-6-13(11)20-16(14)15/h8-9,12,18H,5-7H2,1-4H3,(H,19,21). The van der Waals surface area contributed by atoms with Crippen LogP contribution in [0.1, 0.15) is 45.4 Å². The summed E-state index contributed by atoms with van der Waals surface area (Å²) in [5.41, 5.74) is 5.53. The monoisotopic (exact) mass is 285 g/mol. The second-order valence-electron chi connectivity index (χ2n) is 7.18. The SMILES string of the molecule is CC(=O)Nc1c[nH]c2cc3c(nc12)CCC(C(C)(C)C)C3. The lowest BCUT2D eigenvalue weighted by molar-refractivity contribution is -0.114. The number of rotatable bonds is 1. The highest BCUT2D eigenvalue weighted by atomic mass is 16.1. The molecular formula is C17H23N3O. The molecule has 1 aliphatic rings. The van der Waals surface area contributed by atoms with Crippen molar-refractivity contribution in [3.63, 3.8) is 0 Å². The number of carbonyl (C=O) groups excluding carboxylic acids is 1. The minimum Gasteiger partial charge on any atom is -0.358 e. The predicted molar refractivity (Wildman–Crippen MR) is 85.4 cm³/mol. The number of H-pyrrole nitrogens is 1. The number of pyridine rings is 1. The van der Waals surface area contributed by atoms with Crippen LogP contribution < -0.4 is 5.32 Å². The number of fused-ring (bicyclic) bond motifs is 2. The van der Waals surface area contributed by atoms with Gasteiger partial charge in [-0.2, -0.15) is 0 Å². The summed E-state index contributed by atoms with van der Waals surface area (Å²) >= 11 is 0. The Morgan fingerprint density at radius 2 is 2.19 bits per heavy atom. The summed E-state index contributed by atoms with van der Waals surface area (Å²) in [7, 11) is 0. The normalized spacial score (nSPS) is 18.6. The van der Waals surface area contributed by atoms with Gasteiger partial charge in [0, 0.05) is 18.8 Å². The lowest BCUT2D eigenvalue weighted by Gasteiger charge is -2.34. The van der Waals surface area contributed by atoms with E-state index in [-0.39, 0.29) is 5.91 Å². The van der Waals surface area contributed by atoms with Gasteiger partial charge in [0.25, 0.3) is 0 Å². The quantitative estimate of drug-likeness (QED) is 0.840. The average Bonchev–Trinajstić information content (AvgIpc) is 2.76. The molecule has 0 saturated carbocycles. The van der Waals surface area contributed by atoms with Gasteiger partial charge in [-0.3, -0.25) is 4.79 Å². The molecule has 1 aliphatic carbocycles. The van der Waals surface area contributed by atoms with Gasteiger partial charge < -0.3 is 10.3 Å². The molecule has 2 aromatic rings. The van der Waals surface area contributed by atoms with Crippen molar-refractivity contribution in [2.24, 2.45) is 11.3 Å². The highest BCUT2D eigenvalue weighted by molar-refractivity contribution is 5.99. The van der Waals surface area contributed by atoms with Gasteiger partial charge in [0.05, 0.1) is 11.2 Å². The van der Waals surface area contributed by atoms with Gasteiger partial charge in [-0.05, 0) is 42.2 Å². The maximum Gasteiger partial charge on any atom is 0.221 e. The molecule has 0 fully saturated rings. The zero-order chi connectivity index (χ0) is 15.2. The third-order valence-corrected chi connectivity index (χ3v) is 4.55. The molecule has 0 spiro atoms. The fourth-order valence-electron chi connectivity index (χ4n) is 3.22. The lowest BCUT2D eigenvalue weighted by atomic mass is 9.71. The van der Waals surface area contributed by atoms with E-state index >= 15 is 0 Å². The zero-order valence-electron chi connectivity index (χ0n) is 13.2. The topological polar surface area (TPSA) is 57.8 Å². The molecule has 3 rings (SSSR count). The van der Waals surface area contributed by atoms with Crippen LogP contribution in [0.4, 0.5) is 5.69 Å². The maximum atomic E-state index is 11.2. The van der Waals surface area contributed by atoms with Crippen molar-refractivity contribution in [3.8, 4) is 0 Å². The van der Waals surface area contributed by atoms with E-state index in [0.29, 0.717) is 11.3 Å². The summed E-state index contributed by atoms with van der Waals surface area (Å²) < 4.78 is 0. The van der Waals surface area contributed by atoms with Crippen LogP contribution in [-0.4, -0.2) is 15.9 Å². The molecule has 2 aromatic heterocycles. The predicted octanol–water partition coefficient (Wildman–Crippen LogP) is 3.67. The number of hydrogen-bond acceptors (Lipinski definition) is 2. The number of aromatic nitrogens is 2. The molecule has 1 atom stereocenters. The Balaban J connectivity index is 1.98. The van der Waals surface area contributed by atoms with Gasteiger partial charge in [0.2, 0.25) is 5.91 Å². The molecule has 112 valence electrons. The first kappa shape index (κ1) is 14.1. The molecular weight excluding hydrogens is 262 g/mol. The summed E-state index contributed by atoms with van der Waals surface area (Å²) in [4.78, 5) is 19.3. The molecule has 0 bridgehead atoms. The third kappa shape index (κ3) is 2.67. The molecule has 1 amide bonds. The van der Waals surface area contributed by atoms with Gasteiger partial charge in [0.15, 0.2) is 0 Å². The Bertz CT molecular complexity index is 694. The minimum atomic E-state index is -0.0665. The molecule has 4 heteroatoms. The van der Waals surface area contributed by atoms with Crippen molar-refractivity contribution in [1.29, 1.82) is 0 Å². The Kier molecular flexibility index (Phi) is 3.27. The highest BCUT2D eigenvalue weighted by Gasteiger charge is 2.29. The van der Waals surface area contributed by atoms with Crippen LogP contribution in [0.3, 0.4) is 0 Å². The number of nitrogens with zero attached hydrogens (tertiary/aromatic N) is 1. The molecule has 0 radical (unpaired) electrons. The number of aromatic amines is 1. The molecule has 4 nitrogen and oxygen atoms in total. The summed E-state index contributed by atoms with van der Waals surface area (Å²) in [6.07, 6.45) is 5.13. The number of aryl methyl sites for hydroxylation is 1. The Hall–Kier alpha value is -1.84. The highest BCUT2D eigenvalue weighted by Crippen LogP contribution is 2.38. The fourth-order valence-corrected chi connectivity index (χ4v) is 3.22. The van der Waals surface area contributed by atoms with Crippen molar-refractivity contribution in [1.82, 2.24) is 9.97 Å². The molecule has 21 heavy (non-hydrogen) atoms. The van der Waals surface area contributed by atoms with Crippen molar-refractivity contribution < 1.29 is 4.79 Å². The molecule has 0 aromatic carbocycles. The smallest absolute Gasteiger partial charge is 0.221 e. The summed E-state index contributed by atoms with van der Waals surface area (Å²) in [5, 5.41) is 2.83. The largest absolute Gasteiger partial charge is 0.358 e. The van der Waals surface area contributed by atoms with E-state index in [1.54, 1.807) is 0 Å². The van der Waals surface area contributed by atoms with Gasteiger partial charge >= 0.3 is 0 Å². The van der Waals surface area contributed by atoms with E-state index in [9.17, 15) is 4.79 Å². The van der Waals surface area contributed by atoms with E-state index in [1.165, 1.54) is 24.6 Å². The number of carbonyl (C=O) groups is 1. The summed E-state index contributed by atoms with van der Waals surface area (Å²) in [6.45, 7) is 8.47. The summed E-state index contributed by atoms with van der Waals surface area (Å²) in [6, 6.07) is 2.21. The first-order chi connectivity index (χ1) is 9.84. The van der Waals surface area contributed by atoms with Crippen LogP contribution in [0.15, 0.2) is 12.3 Å². The maximum absolute atomic E-state index is 11.2. The van der Waals surface area contributed by atoms with E-state index < -0.39 is 0 Å². The molecule has 0 aliphatic heterocycles. The fraction of sp³-hybridized carbons (Fsp3) is 0.529. The lowest BCUT2D eigenvalue weighted by Crippen LogP contribution is -2.27. The van der Waals surface area contributed by atoms with Gasteiger partial charge in [-0.15, -0.1) is 0 Å². The van der Waals surface area contributed by atoms with Crippen LogP contribution >= 0.6 is 0 Å². The van der Waals surface area contributed by atoms with E-state index in [1.807, 2.05) is 6.20 Å². The van der Waals surface area contributed by atoms with Gasteiger partial charge in [0.1, 0.15) is 5.52 Å². The Morgan fingerprint density at radius 1 is 1.43 bits per heavy atom. The van der Waals surface area contributed by atoms with Crippen LogP contribution in [0.5, 0.6) is 0 Å². The average molecular weight is 285 g/mol. The van der Waals surface area contributed by atoms with Gasteiger partial charge in [-0.1, -0.05) is 20.8 Å². The van der Waals surface area contributed by atoms with Crippen LogP contribution in [0.2, 0.25) is 0 Å². The van der Waals surface area contributed by atoms with Crippen LogP contribution in [0.25, 0.3) is 11.0 Å². The number of anilines is 1. The number of amides is 1.